The number of nitrogens with one attached hydrogen (secondary N) is 2. The molecule has 3 aromatic rings. The Morgan fingerprint density at radius 3 is 2.38 bits per heavy atom. The van der Waals surface area contributed by atoms with Crippen LogP contribution in [0.3, 0.4) is 0 Å². The van der Waals surface area contributed by atoms with Crippen LogP contribution in [0.25, 0.3) is 0 Å². The molecule has 1 aromatic heterocycles. The highest BCUT2D eigenvalue weighted by atomic mass is 19.4. The molecular formula is C28H30F3N7O4. The van der Waals surface area contributed by atoms with E-state index in [1.165, 1.54) is 4.90 Å². The minimum atomic E-state index is -4.76. The first-order valence-electron chi connectivity index (χ1n) is 13.3. The summed E-state index contributed by atoms with van der Waals surface area (Å²) in [5.74, 6) is -0.650. The predicted molar refractivity (Wildman–Crippen MR) is 148 cm³/mol. The van der Waals surface area contributed by atoms with E-state index in [2.05, 4.69) is 32.4 Å². The number of nitro groups is 1. The number of H-pyrrole nitrogens is 1. The smallest absolute Gasteiger partial charge is 0.369 e. The summed E-state index contributed by atoms with van der Waals surface area (Å²) in [6, 6.07) is 9.42. The first kappa shape index (κ1) is 29.0. The lowest BCUT2D eigenvalue weighted by atomic mass is 9.99. The van der Waals surface area contributed by atoms with E-state index in [1.54, 1.807) is 26.0 Å². The Kier molecular flexibility index (Phi) is 7.43. The fourth-order valence-electron chi connectivity index (χ4n) is 5.41. The Labute approximate surface area is 239 Å². The van der Waals surface area contributed by atoms with Gasteiger partial charge in [0.15, 0.2) is 5.82 Å². The summed E-state index contributed by atoms with van der Waals surface area (Å²) < 4.78 is 39.3. The molecule has 2 aliphatic heterocycles. The van der Waals surface area contributed by atoms with Crippen LogP contribution in [-0.4, -0.2) is 70.0 Å². The molecule has 0 aliphatic carbocycles. The third-order valence-corrected chi connectivity index (χ3v) is 7.95. The largest absolute Gasteiger partial charge is 0.416 e. The van der Waals surface area contributed by atoms with E-state index in [1.807, 2.05) is 12.1 Å². The van der Waals surface area contributed by atoms with Crippen molar-refractivity contribution >= 4 is 29.0 Å². The predicted octanol–water partition coefficient (Wildman–Crippen LogP) is 4.16. The number of hydrogen-bond donors (Lipinski definition) is 2. The van der Waals surface area contributed by atoms with Crippen LogP contribution in [0.15, 0.2) is 42.5 Å². The third-order valence-electron chi connectivity index (χ3n) is 7.95. The number of carbonyl (C=O) groups is 2. The number of anilines is 2. The molecule has 1 fully saturated rings. The molecule has 1 saturated heterocycles. The molecule has 0 saturated carbocycles. The number of benzene rings is 2. The average molecular weight is 586 g/mol. The number of fused-ring (bicyclic) bond motifs is 1. The van der Waals surface area contributed by atoms with Crippen molar-refractivity contribution in [3.8, 4) is 0 Å². The van der Waals surface area contributed by atoms with Crippen LogP contribution >= 0.6 is 0 Å². The summed E-state index contributed by atoms with van der Waals surface area (Å²) in [4.78, 5) is 42.9. The van der Waals surface area contributed by atoms with Crippen molar-refractivity contribution in [2.45, 2.75) is 38.5 Å². The van der Waals surface area contributed by atoms with Gasteiger partial charge in [-0.25, -0.2) is 0 Å². The minimum Gasteiger partial charge on any atom is -0.369 e. The molecule has 14 heteroatoms. The van der Waals surface area contributed by atoms with Crippen molar-refractivity contribution in [1.82, 2.24) is 20.0 Å². The molecule has 2 aromatic carbocycles. The molecule has 2 aliphatic rings. The van der Waals surface area contributed by atoms with E-state index in [0.29, 0.717) is 22.9 Å². The zero-order valence-corrected chi connectivity index (χ0v) is 23.3. The molecule has 42 heavy (non-hydrogen) atoms. The standard InChI is InChI=1S/C28H30F3N7O4/c1-27(2)24-21(16-37(27)23(39)14-18-4-7-19(28(29,30)31)15-22(18)38(41)42)25(34-33-24)32-26(40)17-5-8-20(9-6-17)36-12-10-35(3)11-13-36/h4-9,15H,10-14,16H2,1-3H3,(H2,32,33,34,40). The van der Waals surface area contributed by atoms with Gasteiger partial charge < -0.3 is 20.0 Å². The van der Waals surface area contributed by atoms with Gasteiger partial charge in [0.1, 0.15) is 0 Å². The van der Waals surface area contributed by atoms with Gasteiger partial charge in [-0.15, -0.1) is 0 Å². The number of amides is 2. The Hall–Kier alpha value is -4.46. The summed E-state index contributed by atoms with van der Waals surface area (Å²) in [5, 5.41) is 21.4. The van der Waals surface area contributed by atoms with Crippen LogP contribution in [0.1, 0.15) is 46.6 Å². The second-order valence-electron chi connectivity index (χ2n) is 11.0. The maximum atomic E-state index is 13.3. The van der Waals surface area contributed by atoms with Gasteiger partial charge in [0, 0.05) is 54.6 Å². The molecule has 11 nitrogen and oxygen atoms in total. The van der Waals surface area contributed by atoms with Crippen LogP contribution in [0.4, 0.5) is 30.4 Å². The first-order chi connectivity index (χ1) is 19.8. The maximum absolute atomic E-state index is 13.3. The topological polar surface area (TPSA) is 128 Å². The zero-order valence-electron chi connectivity index (χ0n) is 23.3. The minimum absolute atomic E-state index is 0.0457. The van der Waals surface area contributed by atoms with E-state index in [4.69, 9.17) is 0 Å². The average Bonchev–Trinajstić information content (AvgIpc) is 3.46. The number of alkyl halides is 3. The van der Waals surface area contributed by atoms with Gasteiger partial charge in [-0.2, -0.15) is 18.3 Å². The second-order valence-corrected chi connectivity index (χ2v) is 11.0. The molecular weight excluding hydrogens is 555 g/mol. The van der Waals surface area contributed by atoms with E-state index >= 15 is 0 Å². The number of aromatic amines is 1. The van der Waals surface area contributed by atoms with Gasteiger partial charge in [-0.1, -0.05) is 6.07 Å². The highest BCUT2D eigenvalue weighted by Crippen LogP contribution is 2.41. The number of hydrogen-bond acceptors (Lipinski definition) is 7. The van der Waals surface area contributed by atoms with Crippen molar-refractivity contribution < 1.29 is 27.7 Å². The van der Waals surface area contributed by atoms with Crippen molar-refractivity contribution in [3.05, 3.63) is 80.5 Å². The van der Waals surface area contributed by atoms with Crippen molar-refractivity contribution in [2.75, 3.05) is 43.4 Å². The van der Waals surface area contributed by atoms with Gasteiger partial charge in [0.2, 0.25) is 5.91 Å². The Balaban J connectivity index is 1.29. The summed E-state index contributed by atoms with van der Waals surface area (Å²) >= 11 is 0. The number of aromatic nitrogens is 2. The SMILES string of the molecule is CN1CCN(c2ccc(C(=O)Nc3n[nH]c4c3CN(C(=O)Cc3ccc(C(F)(F)F)cc3[N+](=O)[O-])C4(C)C)cc2)CC1. The van der Waals surface area contributed by atoms with Crippen LogP contribution in [-0.2, 0) is 29.5 Å². The third kappa shape index (κ3) is 5.53. The fraction of sp³-hybridized carbons (Fsp3) is 0.393. The maximum Gasteiger partial charge on any atom is 0.416 e. The fourth-order valence-corrected chi connectivity index (χ4v) is 5.41. The molecule has 5 rings (SSSR count). The normalized spacial score (nSPS) is 16.8. The van der Waals surface area contributed by atoms with Crippen molar-refractivity contribution in [3.63, 3.8) is 0 Å². The molecule has 2 amide bonds. The number of nitro benzene ring substituents is 1. The Bertz CT molecular complexity index is 1530. The van der Waals surface area contributed by atoms with E-state index in [9.17, 15) is 32.9 Å². The lowest BCUT2D eigenvalue weighted by molar-refractivity contribution is -0.385. The summed E-state index contributed by atoms with van der Waals surface area (Å²) in [6.07, 6.45) is -5.23. The number of nitrogens with zero attached hydrogens (tertiary/aromatic N) is 5. The van der Waals surface area contributed by atoms with Gasteiger partial charge in [0.25, 0.3) is 11.6 Å². The van der Waals surface area contributed by atoms with Crippen molar-refractivity contribution in [2.24, 2.45) is 0 Å². The summed E-state index contributed by atoms with van der Waals surface area (Å²) in [7, 11) is 2.08. The Morgan fingerprint density at radius 2 is 1.76 bits per heavy atom. The molecule has 222 valence electrons. The summed E-state index contributed by atoms with van der Waals surface area (Å²) in [6.45, 7) is 7.27. The molecule has 2 N–H and O–H groups in total. The lowest BCUT2D eigenvalue weighted by Gasteiger charge is -2.34. The first-order valence-corrected chi connectivity index (χ1v) is 13.3. The van der Waals surface area contributed by atoms with Crippen LogP contribution in [0, 0.1) is 10.1 Å². The number of halogens is 3. The molecule has 3 heterocycles. The van der Waals surface area contributed by atoms with E-state index in [0.717, 1.165) is 44.0 Å². The molecule has 0 atom stereocenters. The number of carbonyl (C=O) groups excluding carboxylic acids is 2. The van der Waals surface area contributed by atoms with Crippen LogP contribution in [0.2, 0.25) is 0 Å². The zero-order chi connectivity index (χ0) is 30.4. The van der Waals surface area contributed by atoms with Crippen LogP contribution in [0.5, 0.6) is 0 Å². The molecule has 0 unspecified atom stereocenters. The molecule has 0 bridgehead atoms. The lowest BCUT2D eigenvalue weighted by Crippen LogP contribution is -2.44. The molecule has 0 radical (unpaired) electrons. The van der Waals surface area contributed by atoms with E-state index < -0.39 is 40.2 Å². The van der Waals surface area contributed by atoms with Gasteiger partial charge >= 0.3 is 6.18 Å². The highest BCUT2D eigenvalue weighted by Gasteiger charge is 2.44. The van der Waals surface area contributed by atoms with Crippen LogP contribution < -0.4 is 10.2 Å². The highest BCUT2D eigenvalue weighted by molar-refractivity contribution is 6.04. The quantitative estimate of drug-likeness (QED) is 0.329. The summed E-state index contributed by atoms with van der Waals surface area (Å²) in [5.41, 5.74) is -0.363. The molecule has 0 spiro atoms. The van der Waals surface area contributed by atoms with Gasteiger partial charge in [-0.05, 0) is 51.2 Å². The van der Waals surface area contributed by atoms with E-state index in [-0.39, 0.29) is 23.8 Å². The monoisotopic (exact) mass is 585 g/mol. The van der Waals surface area contributed by atoms with Gasteiger partial charge in [0.05, 0.1) is 34.7 Å². The number of rotatable bonds is 6. The van der Waals surface area contributed by atoms with Crippen molar-refractivity contribution in [1.29, 1.82) is 0 Å². The number of likely N-dealkylation sites (N-methyl/N-ethyl adjacent to an activating group) is 1. The number of piperazine rings is 1. The second kappa shape index (κ2) is 10.7. The Morgan fingerprint density at radius 1 is 1.10 bits per heavy atom. The van der Waals surface area contributed by atoms with Gasteiger partial charge in [-0.3, -0.25) is 24.8 Å².